The van der Waals surface area contributed by atoms with E-state index < -0.39 is 0 Å². The number of fused-ring (bicyclic) bond motifs is 1. The van der Waals surface area contributed by atoms with E-state index in [0.717, 1.165) is 36.7 Å². The van der Waals surface area contributed by atoms with Crippen LogP contribution < -0.4 is 15.4 Å². The average Bonchev–Trinajstić information content (AvgIpc) is 3.21. The topological polar surface area (TPSA) is 79.6 Å². The zero-order valence-electron chi connectivity index (χ0n) is 14.7. The van der Waals surface area contributed by atoms with E-state index in [-0.39, 0.29) is 23.7 Å². The molecule has 0 radical (unpaired) electrons. The van der Waals surface area contributed by atoms with Crippen LogP contribution in [0.4, 0.5) is 5.69 Å². The number of ether oxygens (including phenoxy) is 1. The van der Waals surface area contributed by atoms with Crippen LogP contribution in [-0.2, 0) is 0 Å². The lowest BCUT2D eigenvalue weighted by Crippen LogP contribution is -2.69. The van der Waals surface area contributed by atoms with E-state index in [1.54, 1.807) is 12.3 Å². The molecular weight excluding hydrogens is 388 g/mol. The maximum Gasteiger partial charge on any atom is 0.287 e. The van der Waals surface area contributed by atoms with Crippen LogP contribution in [-0.4, -0.2) is 47.5 Å². The molecular formula is C18H19ClN4O3S. The predicted octanol–water partition coefficient (Wildman–Crippen LogP) is 3.03. The molecule has 9 heteroatoms. The third-order valence-electron chi connectivity index (χ3n) is 5.43. The zero-order valence-corrected chi connectivity index (χ0v) is 16.3. The molecule has 7 nitrogen and oxygen atoms in total. The molecule has 2 aromatic heterocycles. The summed E-state index contributed by atoms with van der Waals surface area (Å²) < 4.78 is 11.3. The molecule has 1 aliphatic carbocycles. The summed E-state index contributed by atoms with van der Waals surface area (Å²) in [6.07, 6.45) is 5.27. The molecule has 2 fully saturated rings. The Morgan fingerprint density at radius 1 is 1.44 bits per heavy atom. The van der Waals surface area contributed by atoms with Crippen molar-refractivity contribution >= 4 is 35.0 Å². The second kappa shape index (κ2) is 6.32. The van der Waals surface area contributed by atoms with Crippen LogP contribution in [0.25, 0.3) is 0 Å². The van der Waals surface area contributed by atoms with Crippen LogP contribution in [0.2, 0.25) is 5.02 Å². The van der Waals surface area contributed by atoms with Crippen molar-refractivity contribution in [2.45, 2.75) is 30.3 Å². The number of furan rings is 1. The van der Waals surface area contributed by atoms with Gasteiger partial charge in [0.2, 0.25) is 12.2 Å². The number of aromatic nitrogens is 1. The van der Waals surface area contributed by atoms with Gasteiger partial charge in [-0.15, -0.1) is 0 Å². The van der Waals surface area contributed by atoms with Gasteiger partial charge in [-0.05, 0) is 37.3 Å². The normalized spacial score (nSPS) is 23.1. The van der Waals surface area contributed by atoms with Gasteiger partial charge in [-0.2, -0.15) is 0 Å². The van der Waals surface area contributed by atoms with Crippen molar-refractivity contribution < 1.29 is 13.9 Å². The lowest BCUT2D eigenvalue weighted by atomic mass is 9.60. The van der Waals surface area contributed by atoms with E-state index in [0.29, 0.717) is 16.7 Å². The van der Waals surface area contributed by atoms with E-state index in [9.17, 15) is 4.79 Å². The molecule has 1 atom stereocenters. The number of thioether (sulfide) groups is 1. The molecule has 27 heavy (non-hydrogen) atoms. The second-order valence-electron chi connectivity index (χ2n) is 7.43. The Morgan fingerprint density at radius 3 is 3.00 bits per heavy atom. The minimum Gasteiger partial charge on any atom is -0.445 e. The van der Waals surface area contributed by atoms with Crippen LogP contribution in [0.3, 0.4) is 0 Å². The van der Waals surface area contributed by atoms with Gasteiger partial charge in [0, 0.05) is 30.7 Å². The molecule has 0 bridgehead atoms. The van der Waals surface area contributed by atoms with Gasteiger partial charge < -0.3 is 19.8 Å². The van der Waals surface area contributed by atoms with Crippen molar-refractivity contribution in [3.05, 3.63) is 35.2 Å². The third kappa shape index (κ3) is 3.05. The Kier molecular flexibility index (Phi) is 4.03. The Bertz CT molecular complexity index is 890. The lowest BCUT2D eigenvalue weighted by molar-refractivity contribution is -0.129. The van der Waals surface area contributed by atoms with Crippen molar-refractivity contribution in [2.75, 3.05) is 24.7 Å². The number of carbonyl (C=O) groups is 1. The highest BCUT2D eigenvalue weighted by Crippen LogP contribution is 2.50. The first kappa shape index (κ1) is 17.2. The summed E-state index contributed by atoms with van der Waals surface area (Å²) in [5.74, 6) is 0.834. The number of rotatable bonds is 4. The quantitative estimate of drug-likeness (QED) is 0.755. The first-order valence-corrected chi connectivity index (χ1v) is 10.4. The molecule has 2 aliphatic heterocycles. The number of pyridine rings is 1. The summed E-state index contributed by atoms with van der Waals surface area (Å²) in [5.41, 5.74) is 1.10. The number of carbonyl (C=O) groups excluding carboxylic acids is 1. The fourth-order valence-electron chi connectivity index (χ4n) is 4.19. The van der Waals surface area contributed by atoms with E-state index >= 15 is 0 Å². The number of nitrogens with zero attached hydrogens (tertiary/aromatic N) is 2. The second-order valence-corrected chi connectivity index (χ2v) is 8.67. The van der Waals surface area contributed by atoms with E-state index in [2.05, 4.69) is 20.5 Å². The summed E-state index contributed by atoms with van der Waals surface area (Å²) in [5, 5.41) is 7.71. The van der Waals surface area contributed by atoms with E-state index in [1.165, 1.54) is 11.8 Å². The Hall–Kier alpha value is -1.90. The highest BCUT2D eigenvalue weighted by Gasteiger charge is 2.55. The van der Waals surface area contributed by atoms with Gasteiger partial charge in [-0.25, -0.2) is 9.88 Å². The molecule has 142 valence electrons. The van der Waals surface area contributed by atoms with Crippen molar-refractivity contribution in [3.63, 3.8) is 0 Å². The molecule has 1 spiro atoms. The van der Waals surface area contributed by atoms with Gasteiger partial charge >= 0.3 is 0 Å². The Morgan fingerprint density at radius 2 is 2.26 bits per heavy atom. The van der Waals surface area contributed by atoms with E-state index in [1.807, 2.05) is 18.4 Å². The molecule has 1 unspecified atom stereocenters. The van der Waals surface area contributed by atoms with Crippen molar-refractivity contribution in [2.24, 2.45) is 5.41 Å². The molecule has 0 aromatic carbocycles. The maximum absolute atomic E-state index is 12.2. The standard InChI is InChI=1S/C18H19ClN4O3S/c1-27-14-3-2-13(25-14)15(24)21-11-5-18(6-11)8-23(9-18)17-22-12-4-10(19)7-20-16(12)26-17/h2-4,7,11,17,22H,5-6,8-9H2,1H3,(H,21,24). The van der Waals surface area contributed by atoms with Crippen LogP contribution in [0, 0.1) is 5.41 Å². The van der Waals surface area contributed by atoms with Gasteiger partial charge in [0.05, 0.1) is 5.02 Å². The van der Waals surface area contributed by atoms with Crippen molar-refractivity contribution in [3.8, 4) is 5.88 Å². The summed E-state index contributed by atoms with van der Waals surface area (Å²) in [7, 11) is 0. The molecule has 2 aromatic rings. The van der Waals surface area contributed by atoms with Gasteiger partial charge in [0.25, 0.3) is 5.91 Å². The SMILES string of the molecule is CSc1ccc(C(=O)NC2CC3(C2)CN(C2Nc4cc(Cl)cnc4O2)C3)o1. The lowest BCUT2D eigenvalue weighted by Gasteiger charge is -2.59. The van der Waals surface area contributed by atoms with Crippen LogP contribution in [0.15, 0.2) is 33.9 Å². The van der Waals surface area contributed by atoms with Crippen LogP contribution in [0.5, 0.6) is 5.88 Å². The summed E-state index contributed by atoms with van der Waals surface area (Å²) in [4.78, 5) is 18.7. The minimum absolute atomic E-state index is 0.134. The smallest absolute Gasteiger partial charge is 0.287 e. The molecule has 1 saturated heterocycles. The summed E-state index contributed by atoms with van der Waals surface area (Å²) in [6, 6.07) is 5.57. The number of halogens is 1. The molecule has 5 rings (SSSR count). The molecule has 3 aliphatic rings. The molecule has 1 saturated carbocycles. The predicted molar refractivity (Wildman–Crippen MR) is 102 cm³/mol. The van der Waals surface area contributed by atoms with Gasteiger partial charge in [-0.1, -0.05) is 23.4 Å². The largest absolute Gasteiger partial charge is 0.445 e. The fourth-order valence-corrected chi connectivity index (χ4v) is 4.73. The number of amides is 1. The van der Waals surface area contributed by atoms with Gasteiger partial charge in [0.15, 0.2) is 10.9 Å². The third-order valence-corrected chi connectivity index (χ3v) is 6.26. The number of hydrogen-bond acceptors (Lipinski definition) is 7. The van der Waals surface area contributed by atoms with Crippen molar-refractivity contribution in [1.82, 2.24) is 15.2 Å². The minimum atomic E-state index is -0.196. The number of anilines is 1. The van der Waals surface area contributed by atoms with Gasteiger partial charge in [0.1, 0.15) is 5.69 Å². The van der Waals surface area contributed by atoms with Gasteiger partial charge in [-0.3, -0.25) is 4.79 Å². The zero-order chi connectivity index (χ0) is 18.6. The molecule has 1 amide bonds. The fraction of sp³-hybridized carbons (Fsp3) is 0.444. The van der Waals surface area contributed by atoms with E-state index in [4.69, 9.17) is 20.8 Å². The average molecular weight is 407 g/mol. The van der Waals surface area contributed by atoms with Crippen LogP contribution in [0.1, 0.15) is 23.4 Å². The highest BCUT2D eigenvalue weighted by molar-refractivity contribution is 7.98. The first-order valence-electron chi connectivity index (χ1n) is 8.81. The Balaban J connectivity index is 1.10. The first-order chi connectivity index (χ1) is 13.0. The summed E-state index contributed by atoms with van der Waals surface area (Å²) in [6.45, 7) is 1.88. The number of nitrogens with one attached hydrogen (secondary N) is 2. The van der Waals surface area contributed by atoms with Crippen molar-refractivity contribution in [1.29, 1.82) is 0 Å². The molecule has 2 N–H and O–H groups in total. The number of hydrogen-bond donors (Lipinski definition) is 2. The maximum atomic E-state index is 12.2. The monoisotopic (exact) mass is 406 g/mol. The molecule has 4 heterocycles. The highest BCUT2D eigenvalue weighted by atomic mass is 35.5. The van der Waals surface area contributed by atoms with Crippen LogP contribution >= 0.6 is 23.4 Å². The Labute approximate surface area is 165 Å². The summed E-state index contributed by atoms with van der Waals surface area (Å²) >= 11 is 7.46. The number of likely N-dealkylation sites (tertiary alicyclic amines) is 1.